The molecule has 0 aromatic heterocycles. The largest absolute Gasteiger partial charge is 0.242 e. The Balaban J connectivity index is 2.31. The van der Waals surface area contributed by atoms with Gasteiger partial charge in [0.25, 0.3) is 0 Å². The van der Waals surface area contributed by atoms with E-state index >= 15 is 0 Å². The molecule has 2 aromatic rings. The molecule has 1 N–H and O–H groups in total. The minimum Gasteiger partial charge on any atom is -0.207 e. The van der Waals surface area contributed by atoms with Crippen LogP contribution in [0.1, 0.15) is 24.1 Å². The van der Waals surface area contributed by atoms with Gasteiger partial charge in [0.2, 0.25) is 10.0 Å². The minimum atomic E-state index is -3.74. The summed E-state index contributed by atoms with van der Waals surface area (Å²) < 4.78 is 41.5. The third kappa shape index (κ3) is 3.70. The lowest BCUT2D eigenvalue weighted by molar-refractivity contribution is 0.549. The zero-order chi connectivity index (χ0) is 15.6. The summed E-state index contributed by atoms with van der Waals surface area (Å²) in [5, 5.41) is 0. The Labute approximate surface area is 132 Å². The van der Waals surface area contributed by atoms with Gasteiger partial charge in [0.1, 0.15) is 5.82 Å². The van der Waals surface area contributed by atoms with Crippen LogP contribution in [0.5, 0.6) is 0 Å². The summed E-state index contributed by atoms with van der Waals surface area (Å²) in [6.45, 7) is 3.48. The first-order valence-electron chi connectivity index (χ1n) is 6.34. The highest BCUT2D eigenvalue weighted by Crippen LogP contribution is 2.25. The van der Waals surface area contributed by atoms with E-state index in [4.69, 9.17) is 0 Å². The van der Waals surface area contributed by atoms with Crippen LogP contribution in [0.15, 0.2) is 51.8 Å². The molecule has 0 fully saturated rings. The van der Waals surface area contributed by atoms with Crippen LogP contribution in [-0.2, 0) is 10.0 Å². The lowest BCUT2D eigenvalue weighted by atomic mass is 10.1. The van der Waals surface area contributed by atoms with E-state index in [0.717, 1.165) is 5.56 Å². The monoisotopic (exact) mass is 371 g/mol. The minimum absolute atomic E-state index is 0.135. The second-order valence-electron chi connectivity index (χ2n) is 4.80. The summed E-state index contributed by atoms with van der Waals surface area (Å²) in [4.78, 5) is 0.135. The van der Waals surface area contributed by atoms with E-state index in [1.165, 1.54) is 12.1 Å². The van der Waals surface area contributed by atoms with E-state index in [0.29, 0.717) is 10.0 Å². The van der Waals surface area contributed by atoms with Gasteiger partial charge in [-0.25, -0.2) is 17.5 Å². The molecule has 112 valence electrons. The molecule has 0 aliphatic heterocycles. The van der Waals surface area contributed by atoms with E-state index in [-0.39, 0.29) is 4.90 Å². The number of hydrogen-bond donors (Lipinski definition) is 1. The average molecular weight is 372 g/mol. The summed E-state index contributed by atoms with van der Waals surface area (Å²) in [7, 11) is -3.74. The van der Waals surface area contributed by atoms with Crippen molar-refractivity contribution in [2.24, 2.45) is 0 Å². The lowest BCUT2D eigenvalue weighted by Gasteiger charge is -2.16. The normalized spacial score (nSPS) is 13.1. The Kier molecular flexibility index (Phi) is 4.81. The number of sulfonamides is 1. The maximum atomic E-state index is 13.7. The van der Waals surface area contributed by atoms with Crippen molar-refractivity contribution < 1.29 is 12.8 Å². The van der Waals surface area contributed by atoms with Gasteiger partial charge in [0.15, 0.2) is 0 Å². The van der Waals surface area contributed by atoms with Crippen LogP contribution in [0.2, 0.25) is 0 Å². The van der Waals surface area contributed by atoms with Gasteiger partial charge in [-0.1, -0.05) is 24.3 Å². The first kappa shape index (κ1) is 16.1. The number of benzene rings is 2. The van der Waals surface area contributed by atoms with Gasteiger partial charge in [0, 0.05) is 16.1 Å². The third-order valence-electron chi connectivity index (χ3n) is 3.08. The number of halogens is 2. The Hall–Kier alpha value is -1.24. The third-order valence-corrected chi connectivity index (χ3v) is 5.60. The standard InChI is InChI=1S/C15H15BrFNO2S/c1-10-7-8-15(13(16)9-10)21(19,20)18-11(2)12-5-3-4-6-14(12)17/h3-9,11,18H,1-2H3/t11-/m0/s1. The molecule has 0 spiro atoms. The molecule has 3 nitrogen and oxygen atoms in total. The van der Waals surface area contributed by atoms with Gasteiger partial charge in [-0.05, 0) is 53.5 Å². The summed E-state index contributed by atoms with van der Waals surface area (Å²) in [5.74, 6) is -0.435. The molecule has 2 aromatic carbocycles. The van der Waals surface area contributed by atoms with E-state index in [1.54, 1.807) is 37.3 Å². The van der Waals surface area contributed by atoms with Crippen LogP contribution in [0, 0.1) is 12.7 Å². The summed E-state index contributed by atoms with van der Waals surface area (Å²) in [6.07, 6.45) is 0. The number of nitrogens with one attached hydrogen (secondary N) is 1. The highest BCUT2D eigenvalue weighted by Gasteiger charge is 2.22. The molecular formula is C15H15BrFNO2S. The number of rotatable bonds is 4. The van der Waals surface area contributed by atoms with Crippen molar-refractivity contribution in [1.82, 2.24) is 4.72 Å². The fourth-order valence-electron chi connectivity index (χ4n) is 2.01. The number of aryl methyl sites for hydroxylation is 1. The molecule has 0 amide bonds. The van der Waals surface area contributed by atoms with E-state index in [1.807, 2.05) is 6.92 Å². The molecule has 0 saturated carbocycles. The zero-order valence-corrected chi connectivity index (χ0v) is 14.0. The van der Waals surface area contributed by atoms with Crippen LogP contribution in [0.25, 0.3) is 0 Å². The molecule has 0 heterocycles. The van der Waals surface area contributed by atoms with Crippen molar-refractivity contribution in [3.63, 3.8) is 0 Å². The van der Waals surface area contributed by atoms with Gasteiger partial charge in [0.05, 0.1) is 4.90 Å². The molecule has 0 aliphatic rings. The van der Waals surface area contributed by atoms with Crippen molar-refractivity contribution in [1.29, 1.82) is 0 Å². The highest BCUT2D eigenvalue weighted by molar-refractivity contribution is 9.10. The van der Waals surface area contributed by atoms with Gasteiger partial charge in [-0.3, -0.25) is 0 Å². The second kappa shape index (κ2) is 6.25. The van der Waals surface area contributed by atoms with Gasteiger partial charge < -0.3 is 0 Å². The van der Waals surface area contributed by atoms with Crippen molar-refractivity contribution in [2.75, 3.05) is 0 Å². The van der Waals surface area contributed by atoms with Crippen molar-refractivity contribution >= 4 is 26.0 Å². The topological polar surface area (TPSA) is 46.2 Å². The van der Waals surface area contributed by atoms with Crippen LogP contribution in [0.3, 0.4) is 0 Å². The predicted molar refractivity (Wildman–Crippen MR) is 84.0 cm³/mol. The maximum Gasteiger partial charge on any atom is 0.242 e. The first-order valence-corrected chi connectivity index (χ1v) is 8.62. The summed E-state index contributed by atoms with van der Waals surface area (Å²) >= 11 is 3.25. The Morgan fingerprint density at radius 1 is 1.19 bits per heavy atom. The summed E-state index contributed by atoms with van der Waals surface area (Å²) in [5.41, 5.74) is 1.26. The molecular weight excluding hydrogens is 357 g/mol. The number of hydrogen-bond acceptors (Lipinski definition) is 2. The SMILES string of the molecule is Cc1ccc(S(=O)(=O)N[C@@H](C)c2ccccc2F)c(Br)c1. The molecule has 21 heavy (non-hydrogen) atoms. The Bertz CT molecular complexity index is 762. The van der Waals surface area contributed by atoms with Crippen LogP contribution < -0.4 is 4.72 Å². The molecule has 1 atom stereocenters. The smallest absolute Gasteiger partial charge is 0.207 e. The fraction of sp³-hybridized carbons (Fsp3) is 0.200. The lowest BCUT2D eigenvalue weighted by Crippen LogP contribution is -2.27. The van der Waals surface area contributed by atoms with Crippen LogP contribution >= 0.6 is 15.9 Å². The Morgan fingerprint density at radius 3 is 2.48 bits per heavy atom. The molecule has 0 aliphatic carbocycles. The molecule has 0 unspecified atom stereocenters. The van der Waals surface area contributed by atoms with Crippen molar-refractivity contribution in [2.45, 2.75) is 24.8 Å². The zero-order valence-electron chi connectivity index (χ0n) is 11.6. The van der Waals surface area contributed by atoms with Gasteiger partial charge in [-0.15, -0.1) is 0 Å². The first-order chi connectivity index (χ1) is 9.81. The maximum absolute atomic E-state index is 13.7. The molecule has 0 radical (unpaired) electrons. The molecule has 0 saturated heterocycles. The van der Waals surface area contributed by atoms with Crippen LogP contribution in [0.4, 0.5) is 4.39 Å². The van der Waals surface area contributed by atoms with E-state index in [2.05, 4.69) is 20.7 Å². The summed E-state index contributed by atoms with van der Waals surface area (Å²) in [6, 6.07) is 10.4. The van der Waals surface area contributed by atoms with Crippen molar-refractivity contribution in [3.05, 3.63) is 63.9 Å². The van der Waals surface area contributed by atoms with Gasteiger partial charge in [-0.2, -0.15) is 0 Å². The fourth-order valence-corrected chi connectivity index (χ4v) is 4.42. The Morgan fingerprint density at radius 2 is 1.86 bits per heavy atom. The highest BCUT2D eigenvalue weighted by atomic mass is 79.9. The van der Waals surface area contributed by atoms with Gasteiger partial charge >= 0.3 is 0 Å². The second-order valence-corrected chi connectivity index (χ2v) is 7.34. The van der Waals surface area contributed by atoms with Crippen molar-refractivity contribution in [3.8, 4) is 0 Å². The molecule has 2 rings (SSSR count). The molecule has 6 heteroatoms. The van der Waals surface area contributed by atoms with E-state index < -0.39 is 21.9 Å². The predicted octanol–water partition coefficient (Wildman–Crippen LogP) is 3.94. The molecule has 0 bridgehead atoms. The van der Waals surface area contributed by atoms with E-state index in [9.17, 15) is 12.8 Å². The average Bonchev–Trinajstić information content (AvgIpc) is 2.37. The quantitative estimate of drug-likeness (QED) is 0.884. The van der Waals surface area contributed by atoms with Crippen LogP contribution in [-0.4, -0.2) is 8.42 Å².